The van der Waals surface area contributed by atoms with Gasteiger partial charge in [0.25, 0.3) is 5.89 Å². The van der Waals surface area contributed by atoms with Crippen LogP contribution in [0.5, 0.6) is 5.75 Å². The van der Waals surface area contributed by atoms with E-state index in [9.17, 15) is 4.79 Å². The Kier molecular flexibility index (Phi) is 4.29. The molecule has 1 heterocycles. The number of aldehydes is 1. The molecule has 0 fully saturated rings. The fourth-order valence-corrected chi connectivity index (χ4v) is 2.12. The Morgan fingerprint density at radius 2 is 2.00 bits per heavy atom. The van der Waals surface area contributed by atoms with Crippen molar-refractivity contribution in [2.45, 2.75) is 6.61 Å². The van der Waals surface area contributed by atoms with E-state index in [2.05, 4.69) is 26.1 Å². The van der Waals surface area contributed by atoms with E-state index in [0.29, 0.717) is 23.0 Å². The zero-order chi connectivity index (χ0) is 15.4. The van der Waals surface area contributed by atoms with E-state index < -0.39 is 0 Å². The quantitative estimate of drug-likeness (QED) is 0.647. The third-order valence-electron chi connectivity index (χ3n) is 2.93. The number of ether oxygens (including phenoxy) is 1. The highest BCUT2D eigenvalue weighted by atomic mass is 79.9. The van der Waals surface area contributed by atoms with Crippen LogP contribution < -0.4 is 4.74 Å². The summed E-state index contributed by atoms with van der Waals surface area (Å²) in [6.07, 6.45) is 0.769. The molecule has 3 aromatic rings. The van der Waals surface area contributed by atoms with Gasteiger partial charge in [0.1, 0.15) is 12.0 Å². The van der Waals surface area contributed by atoms with Crippen LogP contribution in [0.1, 0.15) is 16.2 Å². The summed E-state index contributed by atoms with van der Waals surface area (Å²) in [5.41, 5.74) is 1.42. The summed E-state index contributed by atoms with van der Waals surface area (Å²) < 4.78 is 11.7. The molecule has 0 unspecified atom stereocenters. The smallest absolute Gasteiger partial charge is 0.264 e. The molecule has 0 N–H and O–H groups in total. The first kappa shape index (κ1) is 14.5. The van der Waals surface area contributed by atoms with Gasteiger partial charge in [-0.1, -0.05) is 33.2 Å². The van der Waals surface area contributed by atoms with E-state index in [1.807, 2.05) is 24.3 Å². The van der Waals surface area contributed by atoms with Crippen molar-refractivity contribution < 1.29 is 14.1 Å². The second-order valence-corrected chi connectivity index (χ2v) is 5.41. The van der Waals surface area contributed by atoms with Crippen molar-refractivity contribution in [3.8, 4) is 17.1 Å². The molecule has 0 aliphatic heterocycles. The molecule has 0 bridgehead atoms. The Bertz CT molecular complexity index is 784. The summed E-state index contributed by atoms with van der Waals surface area (Å²) in [6.45, 7) is 0.145. The lowest BCUT2D eigenvalue weighted by molar-refractivity contribution is 0.112. The average Bonchev–Trinajstić information content (AvgIpc) is 3.03. The largest absolute Gasteiger partial charge is 0.484 e. The van der Waals surface area contributed by atoms with Crippen LogP contribution >= 0.6 is 15.9 Å². The molecule has 0 radical (unpaired) electrons. The molecule has 0 saturated heterocycles. The van der Waals surface area contributed by atoms with E-state index >= 15 is 0 Å². The van der Waals surface area contributed by atoms with E-state index in [0.717, 1.165) is 16.3 Å². The molecule has 0 saturated carbocycles. The Morgan fingerprint density at radius 3 is 2.77 bits per heavy atom. The van der Waals surface area contributed by atoms with Crippen LogP contribution in [0.3, 0.4) is 0 Å². The zero-order valence-corrected chi connectivity index (χ0v) is 13.0. The summed E-state index contributed by atoms with van der Waals surface area (Å²) >= 11 is 3.38. The summed E-state index contributed by atoms with van der Waals surface area (Å²) in [5, 5.41) is 3.92. The summed E-state index contributed by atoms with van der Waals surface area (Å²) in [4.78, 5) is 15.0. The minimum Gasteiger partial charge on any atom is -0.484 e. The first-order valence-electron chi connectivity index (χ1n) is 6.51. The van der Waals surface area contributed by atoms with Crippen LogP contribution in [-0.2, 0) is 6.61 Å². The molecule has 0 aliphatic rings. The van der Waals surface area contributed by atoms with Crippen LogP contribution in [0.25, 0.3) is 11.4 Å². The monoisotopic (exact) mass is 358 g/mol. The second-order valence-electron chi connectivity index (χ2n) is 4.50. The minimum absolute atomic E-state index is 0.145. The Balaban J connectivity index is 1.69. The lowest BCUT2D eigenvalue weighted by Crippen LogP contribution is -1.96. The number of benzene rings is 2. The van der Waals surface area contributed by atoms with Gasteiger partial charge in [-0.3, -0.25) is 4.79 Å². The fourth-order valence-electron chi connectivity index (χ4n) is 1.85. The molecule has 22 heavy (non-hydrogen) atoms. The molecule has 110 valence electrons. The summed E-state index contributed by atoms with van der Waals surface area (Å²) in [6, 6.07) is 14.5. The molecule has 6 heteroatoms. The number of aromatic nitrogens is 2. The van der Waals surface area contributed by atoms with E-state index in [1.165, 1.54) is 0 Å². The van der Waals surface area contributed by atoms with E-state index in [4.69, 9.17) is 9.26 Å². The molecular formula is C16H11BrN2O3. The Hall–Kier alpha value is -2.47. The van der Waals surface area contributed by atoms with Crippen LogP contribution in [-0.4, -0.2) is 16.4 Å². The second kappa shape index (κ2) is 6.53. The van der Waals surface area contributed by atoms with Crippen molar-refractivity contribution in [1.82, 2.24) is 10.1 Å². The third kappa shape index (κ3) is 3.40. The van der Waals surface area contributed by atoms with Crippen LogP contribution in [0.2, 0.25) is 0 Å². The minimum atomic E-state index is 0.145. The van der Waals surface area contributed by atoms with Gasteiger partial charge in [-0.2, -0.15) is 4.98 Å². The Labute approximate surface area is 135 Å². The molecule has 3 rings (SSSR count). The van der Waals surface area contributed by atoms with Crippen LogP contribution in [0.15, 0.2) is 57.5 Å². The third-order valence-corrected chi connectivity index (χ3v) is 3.46. The van der Waals surface area contributed by atoms with E-state index in [-0.39, 0.29) is 6.61 Å². The first-order chi connectivity index (χ1) is 10.7. The standard InChI is InChI=1S/C16H11BrN2O3/c17-13-6-4-12(5-7-13)16-18-15(22-19-16)10-21-14-3-1-2-11(8-14)9-20/h1-9H,10H2. The van der Waals surface area contributed by atoms with Gasteiger partial charge in [0.15, 0.2) is 6.61 Å². The van der Waals surface area contributed by atoms with Crippen molar-refractivity contribution in [3.63, 3.8) is 0 Å². The lowest BCUT2D eigenvalue weighted by atomic mass is 10.2. The predicted molar refractivity (Wildman–Crippen MR) is 83.6 cm³/mol. The zero-order valence-electron chi connectivity index (χ0n) is 11.4. The highest BCUT2D eigenvalue weighted by Gasteiger charge is 2.09. The maximum atomic E-state index is 10.7. The SMILES string of the molecule is O=Cc1cccc(OCc2nc(-c3ccc(Br)cc3)no2)c1. The van der Waals surface area contributed by atoms with Gasteiger partial charge < -0.3 is 9.26 Å². The van der Waals surface area contributed by atoms with Gasteiger partial charge in [-0.15, -0.1) is 0 Å². The Morgan fingerprint density at radius 1 is 1.18 bits per heavy atom. The molecule has 2 aromatic carbocycles. The number of nitrogens with zero attached hydrogens (tertiary/aromatic N) is 2. The lowest BCUT2D eigenvalue weighted by Gasteiger charge is -2.02. The molecule has 0 amide bonds. The summed E-state index contributed by atoms with van der Waals surface area (Å²) in [5.74, 6) is 1.45. The van der Waals surface area contributed by atoms with Gasteiger partial charge in [0.05, 0.1) is 0 Å². The number of hydrogen-bond acceptors (Lipinski definition) is 5. The fraction of sp³-hybridized carbons (Fsp3) is 0.0625. The van der Waals surface area contributed by atoms with Crippen molar-refractivity contribution in [1.29, 1.82) is 0 Å². The number of rotatable bonds is 5. The van der Waals surface area contributed by atoms with Gasteiger partial charge in [0, 0.05) is 15.6 Å². The van der Waals surface area contributed by atoms with Gasteiger partial charge in [0.2, 0.25) is 5.82 Å². The average molecular weight is 359 g/mol. The molecule has 0 atom stereocenters. The molecular weight excluding hydrogens is 348 g/mol. The molecule has 0 aliphatic carbocycles. The topological polar surface area (TPSA) is 65.2 Å². The highest BCUT2D eigenvalue weighted by Crippen LogP contribution is 2.20. The van der Waals surface area contributed by atoms with Crippen molar-refractivity contribution >= 4 is 22.2 Å². The first-order valence-corrected chi connectivity index (χ1v) is 7.30. The highest BCUT2D eigenvalue weighted by molar-refractivity contribution is 9.10. The number of hydrogen-bond donors (Lipinski definition) is 0. The number of carbonyl (C=O) groups excluding carboxylic acids is 1. The molecule has 5 nitrogen and oxygen atoms in total. The normalized spacial score (nSPS) is 10.4. The van der Waals surface area contributed by atoms with Crippen LogP contribution in [0, 0.1) is 0 Å². The predicted octanol–water partition coefficient (Wildman–Crippen LogP) is 3.89. The van der Waals surface area contributed by atoms with Crippen LogP contribution in [0.4, 0.5) is 0 Å². The number of carbonyl (C=O) groups is 1. The van der Waals surface area contributed by atoms with E-state index in [1.54, 1.807) is 24.3 Å². The van der Waals surface area contributed by atoms with Crippen molar-refractivity contribution in [2.24, 2.45) is 0 Å². The van der Waals surface area contributed by atoms with Crippen molar-refractivity contribution in [2.75, 3.05) is 0 Å². The maximum absolute atomic E-state index is 10.7. The van der Waals surface area contributed by atoms with Gasteiger partial charge in [-0.25, -0.2) is 0 Å². The molecule has 1 aromatic heterocycles. The molecule has 0 spiro atoms. The maximum Gasteiger partial charge on any atom is 0.264 e. The van der Waals surface area contributed by atoms with Gasteiger partial charge in [-0.05, 0) is 36.4 Å². The summed E-state index contributed by atoms with van der Waals surface area (Å²) in [7, 11) is 0. The number of halogens is 1. The van der Waals surface area contributed by atoms with Crippen molar-refractivity contribution in [3.05, 3.63) is 64.5 Å². The van der Waals surface area contributed by atoms with Gasteiger partial charge >= 0.3 is 0 Å².